The van der Waals surface area contributed by atoms with Gasteiger partial charge in [-0.05, 0) is 30.3 Å². The summed E-state index contributed by atoms with van der Waals surface area (Å²) in [6.45, 7) is 0. The summed E-state index contributed by atoms with van der Waals surface area (Å²) in [5, 5.41) is 8.68. The zero-order chi connectivity index (χ0) is 12.3. The van der Waals surface area contributed by atoms with Crippen molar-refractivity contribution in [3.8, 4) is 6.07 Å². The lowest BCUT2D eigenvalue weighted by atomic mass is 10.2. The maximum Gasteiger partial charge on any atom is 0.148 e. The van der Waals surface area contributed by atoms with E-state index in [0.29, 0.717) is 11.3 Å². The molecule has 0 atom stereocenters. The van der Waals surface area contributed by atoms with E-state index in [0.717, 1.165) is 5.69 Å². The molecule has 0 saturated carbocycles. The Kier molecular flexibility index (Phi) is 3.06. The molecular formula is C14H11FN2. The van der Waals surface area contributed by atoms with Gasteiger partial charge in [0, 0.05) is 12.7 Å². The second-order valence-corrected chi connectivity index (χ2v) is 3.67. The van der Waals surface area contributed by atoms with Crippen molar-refractivity contribution in [2.75, 3.05) is 11.9 Å². The first-order valence-corrected chi connectivity index (χ1v) is 5.21. The van der Waals surface area contributed by atoms with Gasteiger partial charge in [-0.15, -0.1) is 0 Å². The maximum atomic E-state index is 13.8. The molecule has 2 rings (SSSR count). The monoisotopic (exact) mass is 226 g/mol. The lowest BCUT2D eigenvalue weighted by molar-refractivity contribution is 0.627. The van der Waals surface area contributed by atoms with Gasteiger partial charge in [0.25, 0.3) is 0 Å². The van der Waals surface area contributed by atoms with Crippen molar-refractivity contribution in [1.82, 2.24) is 0 Å². The van der Waals surface area contributed by atoms with Gasteiger partial charge in [-0.25, -0.2) is 4.39 Å². The van der Waals surface area contributed by atoms with E-state index in [1.54, 1.807) is 24.1 Å². The molecule has 0 bridgehead atoms. The topological polar surface area (TPSA) is 27.0 Å². The van der Waals surface area contributed by atoms with Crippen molar-refractivity contribution in [2.24, 2.45) is 0 Å². The fourth-order valence-corrected chi connectivity index (χ4v) is 1.64. The van der Waals surface area contributed by atoms with Crippen molar-refractivity contribution in [3.63, 3.8) is 0 Å². The number of hydrogen-bond donors (Lipinski definition) is 0. The van der Waals surface area contributed by atoms with Crippen LogP contribution in [0.4, 0.5) is 15.8 Å². The highest BCUT2D eigenvalue weighted by Gasteiger charge is 2.09. The molecule has 0 aromatic heterocycles. The molecule has 0 aliphatic rings. The van der Waals surface area contributed by atoms with Crippen LogP contribution < -0.4 is 4.90 Å². The first-order chi connectivity index (χ1) is 8.22. The van der Waals surface area contributed by atoms with Crippen LogP contribution in [0.3, 0.4) is 0 Å². The molecule has 0 amide bonds. The van der Waals surface area contributed by atoms with Gasteiger partial charge in [0.05, 0.1) is 17.3 Å². The molecule has 0 unspecified atom stereocenters. The number of para-hydroxylation sites is 1. The lowest BCUT2D eigenvalue weighted by Gasteiger charge is -2.19. The summed E-state index contributed by atoms with van der Waals surface area (Å²) in [5.41, 5.74) is 1.68. The first kappa shape index (κ1) is 11.2. The predicted octanol–water partition coefficient (Wildman–Crippen LogP) is 3.47. The fourth-order valence-electron chi connectivity index (χ4n) is 1.64. The number of nitriles is 1. The number of hydrogen-bond acceptors (Lipinski definition) is 2. The molecule has 0 fully saturated rings. The molecule has 0 saturated heterocycles. The molecule has 0 radical (unpaired) electrons. The zero-order valence-corrected chi connectivity index (χ0v) is 9.39. The van der Waals surface area contributed by atoms with E-state index in [-0.39, 0.29) is 0 Å². The van der Waals surface area contributed by atoms with Crippen LogP contribution in [-0.4, -0.2) is 7.05 Å². The molecule has 2 nitrogen and oxygen atoms in total. The third kappa shape index (κ3) is 2.26. The number of nitrogens with zero attached hydrogens (tertiary/aromatic N) is 2. The minimum absolute atomic E-state index is 0.327. The van der Waals surface area contributed by atoms with Crippen molar-refractivity contribution >= 4 is 11.4 Å². The van der Waals surface area contributed by atoms with Crippen LogP contribution in [-0.2, 0) is 0 Å². The molecule has 0 heterocycles. The summed E-state index contributed by atoms with van der Waals surface area (Å²) in [6, 6.07) is 15.9. The van der Waals surface area contributed by atoms with Crippen LogP contribution in [0.1, 0.15) is 5.56 Å². The Bertz CT molecular complexity index is 558. The van der Waals surface area contributed by atoms with Crippen LogP contribution in [0.2, 0.25) is 0 Å². The van der Waals surface area contributed by atoms with E-state index in [4.69, 9.17) is 5.26 Å². The highest BCUT2D eigenvalue weighted by Crippen LogP contribution is 2.26. The molecule has 0 spiro atoms. The van der Waals surface area contributed by atoms with Crippen LogP contribution in [0.5, 0.6) is 0 Å². The Morgan fingerprint density at radius 3 is 2.41 bits per heavy atom. The van der Waals surface area contributed by atoms with E-state index in [1.807, 2.05) is 36.4 Å². The minimum atomic E-state index is -0.393. The van der Waals surface area contributed by atoms with Crippen LogP contribution in [0, 0.1) is 17.1 Å². The van der Waals surface area contributed by atoms with Gasteiger partial charge >= 0.3 is 0 Å². The van der Waals surface area contributed by atoms with Crippen LogP contribution >= 0.6 is 0 Å². The quantitative estimate of drug-likeness (QED) is 0.784. The molecule has 2 aromatic carbocycles. The molecule has 0 aliphatic heterocycles. The van der Waals surface area contributed by atoms with E-state index in [2.05, 4.69) is 0 Å². The SMILES string of the molecule is CN(c1ccccc1)c1ccc(C#N)cc1F. The highest BCUT2D eigenvalue weighted by atomic mass is 19.1. The number of anilines is 2. The number of rotatable bonds is 2. The van der Waals surface area contributed by atoms with Crippen LogP contribution in [0.15, 0.2) is 48.5 Å². The summed E-state index contributed by atoms with van der Waals surface area (Å²) < 4.78 is 13.8. The molecule has 0 aliphatic carbocycles. The Labute approximate surface area is 99.5 Å². The summed E-state index contributed by atoms with van der Waals surface area (Å²) in [5.74, 6) is -0.393. The second-order valence-electron chi connectivity index (χ2n) is 3.67. The Morgan fingerprint density at radius 2 is 1.82 bits per heavy atom. The van der Waals surface area contributed by atoms with Gasteiger partial charge in [-0.3, -0.25) is 0 Å². The van der Waals surface area contributed by atoms with E-state index < -0.39 is 5.82 Å². The average molecular weight is 226 g/mol. The average Bonchev–Trinajstić information content (AvgIpc) is 2.39. The van der Waals surface area contributed by atoms with Gasteiger partial charge in [0.1, 0.15) is 5.82 Å². The van der Waals surface area contributed by atoms with Gasteiger partial charge < -0.3 is 4.90 Å². The van der Waals surface area contributed by atoms with Crippen LogP contribution in [0.25, 0.3) is 0 Å². The Balaban J connectivity index is 2.39. The highest BCUT2D eigenvalue weighted by molar-refractivity contribution is 5.63. The molecule has 0 N–H and O–H groups in total. The molecule has 2 aromatic rings. The summed E-state index contributed by atoms with van der Waals surface area (Å²) >= 11 is 0. The Morgan fingerprint density at radius 1 is 1.12 bits per heavy atom. The van der Waals surface area contributed by atoms with Gasteiger partial charge in [-0.2, -0.15) is 5.26 Å². The normalized spacial score (nSPS) is 9.71. The van der Waals surface area contributed by atoms with Gasteiger partial charge in [-0.1, -0.05) is 18.2 Å². The summed E-state index contributed by atoms with van der Waals surface area (Å²) in [7, 11) is 1.79. The second kappa shape index (κ2) is 4.67. The largest absolute Gasteiger partial charge is 0.342 e. The van der Waals surface area contributed by atoms with Gasteiger partial charge in [0.15, 0.2) is 0 Å². The number of halogens is 1. The zero-order valence-electron chi connectivity index (χ0n) is 9.39. The van der Waals surface area contributed by atoms with Crippen molar-refractivity contribution in [1.29, 1.82) is 5.26 Å². The van der Waals surface area contributed by atoms with Crippen molar-refractivity contribution in [3.05, 3.63) is 59.9 Å². The third-order valence-corrected chi connectivity index (χ3v) is 2.58. The molecule has 84 valence electrons. The maximum absolute atomic E-state index is 13.8. The lowest BCUT2D eigenvalue weighted by Crippen LogP contribution is -2.11. The molecule has 17 heavy (non-hydrogen) atoms. The van der Waals surface area contributed by atoms with Gasteiger partial charge in [0.2, 0.25) is 0 Å². The molecule has 3 heteroatoms. The van der Waals surface area contributed by atoms with Crippen molar-refractivity contribution in [2.45, 2.75) is 0 Å². The predicted molar refractivity (Wildman–Crippen MR) is 65.6 cm³/mol. The third-order valence-electron chi connectivity index (χ3n) is 2.58. The van der Waals surface area contributed by atoms with Crippen molar-refractivity contribution < 1.29 is 4.39 Å². The Hall–Kier alpha value is -2.34. The van der Waals surface area contributed by atoms with E-state index >= 15 is 0 Å². The summed E-state index contributed by atoms with van der Waals surface area (Å²) in [4.78, 5) is 1.75. The summed E-state index contributed by atoms with van der Waals surface area (Å²) in [6.07, 6.45) is 0. The van der Waals surface area contributed by atoms with E-state index in [1.165, 1.54) is 6.07 Å². The minimum Gasteiger partial charge on any atom is -0.342 e. The number of benzene rings is 2. The smallest absolute Gasteiger partial charge is 0.148 e. The molecular weight excluding hydrogens is 215 g/mol. The first-order valence-electron chi connectivity index (χ1n) is 5.21. The fraction of sp³-hybridized carbons (Fsp3) is 0.0714. The van der Waals surface area contributed by atoms with E-state index in [9.17, 15) is 4.39 Å². The standard InChI is InChI=1S/C14H11FN2/c1-17(12-5-3-2-4-6-12)14-8-7-11(10-16)9-13(14)15/h2-9H,1H3.